The van der Waals surface area contributed by atoms with Crippen molar-refractivity contribution in [2.75, 3.05) is 30.7 Å². The van der Waals surface area contributed by atoms with Crippen molar-refractivity contribution in [1.82, 2.24) is 9.62 Å². The summed E-state index contributed by atoms with van der Waals surface area (Å²) in [5.41, 5.74) is -2.83. The predicted molar refractivity (Wildman–Crippen MR) is 139 cm³/mol. The van der Waals surface area contributed by atoms with E-state index < -0.39 is 56.0 Å². The fraction of sp³-hybridized carbons (Fsp3) is 0.500. The largest absolute Gasteiger partial charge is 0.377 e. The fourth-order valence-corrected chi connectivity index (χ4v) is 6.65. The molecule has 1 saturated carbocycles. The minimum Gasteiger partial charge on any atom is -0.377 e. The number of likely N-dealkylation sites (tertiary alicyclic amines) is 1. The van der Waals surface area contributed by atoms with Crippen LogP contribution in [0.1, 0.15) is 38.5 Å². The van der Waals surface area contributed by atoms with Crippen LogP contribution in [0.15, 0.2) is 52.3 Å². The molecule has 2 aromatic carbocycles. The first-order valence-electron chi connectivity index (χ1n) is 12.6. The molecule has 208 valence electrons. The number of hydrogen-bond donors (Lipinski definition) is 2. The molecule has 0 bridgehead atoms. The van der Waals surface area contributed by atoms with Crippen LogP contribution in [-0.2, 0) is 14.8 Å². The fourth-order valence-electron chi connectivity index (χ4n) is 4.60. The standard InChI is InChI=1S/C26H31F4N3O3S2/c27-18-15-33(16-18)12-9-19(17-37-20-7-3-1-4-8-20)31-24-22(28)13-21(14-23(24)29)38(35,36)32-25(34)26(30)10-5-2-6-11-26/h1,3-4,7-8,13-14,18-19,31H,2,5-6,9-12,15-17H2,(H,32,34)/t19-/m1/s1. The summed E-state index contributed by atoms with van der Waals surface area (Å²) in [6, 6.07) is 10.3. The zero-order chi connectivity index (χ0) is 27.3. The van der Waals surface area contributed by atoms with Gasteiger partial charge in [-0.05, 0) is 56.4 Å². The van der Waals surface area contributed by atoms with Crippen molar-refractivity contribution in [3.8, 4) is 0 Å². The zero-order valence-corrected chi connectivity index (χ0v) is 22.4. The number of carbonyl (C=O) groups excluding carboxylic acids is 1. The molecule has 0 radical (unpaired) electrons. The first kappa shape index (κ1) is 28.7. The van der Waals surface area contributed by atoms with E-state index in [4.69, 9.17) is 0 Å². The molecule has 0 unspecified atom stereocenters. The van der Waals surface area contributed by atoms with Crippen molar-refractivity contribution in [1.29, 1.82) is 0 Å². The highest BCUT2D eigenvalue weighted by Gasteiger charge is 2.41. The van der Waals surface area contributed by atoms with Gasteiger partial charge >= 0.3 is 0 Å². The monoisotopic (exact) mass is 573 g/mol. The normalized spacial score (nSPS) is 18.9. The number of nitrogens with one attached hydrogen (secondary N) is 2. The van der Waals surface area contributed by atoms with Gasteiger partial charge in [-0.2, -0.15) is 0 Å². The summed E-state index contributed by atoms with van der Waals surface area (Å²) in [6.07, 6.45) is 1.04. The van der Waals surface area contributed by atoms with Crippen molar-refractivity contribution >= 4 is 33.4 Å². The smallest absolute Gasteiger partial charge is 0.271 e. The molecule has 2 fully saturated rings. The third kappa shape index (κ3) is 7.20. The van der Waals surface area contributed by atoms with Gasteiger partial charge < -0.3 is 5.32 Å². The summed E-state index contributed by atoms with van der Waals surface area (Å²) in [6.45, 7) is 1.17. The van der Waals surface area contributed by atoms with E-state index >= 15 is 8.78 Å². The van der Waals surface area contributed by atoms with Crippen LogP contribution in [0.4, 0.5) is 23.2 Å². The molecule has 0 spiro atoms. The number of carbonyl (C=O) groups is 1. The first-order chi connectivity index (χ1) is 18.1. The molecule has 1 atom stereocenters. The Morgan fingerprint density at radius 1 is 1.08 bits per heavy atom. The Balaban J connectivity index is 1.47. The summed E-state index contributed by atoms with van der Waals surface area (Å²) in [5, 5.41) is 2.84. The van der Waals surface area contributed by atoms with E-state index in [9.17, 15) is 22.0 Å². The van der Waals surface area contributed by atoms with Crippen LogP contribution in [0.5, 0.6) is 0 Å². The quantitative estimate of drug-likeness (QED) is 0.289. The van der Waals surface area contributed by atoms with E-state index in [0.29, 0.717) is 56.8 Å². The van der Waals surface area contributed by atoms with E-state index in [0.717, 1.165) is 11.3 Å². The van der Waals surface area contributed by atoms with Crippen molar-refractivity contribution in [2.45, 2.75) is 66.2 Å². The molecule has 1 amide bonds. The Morgan fingerprint density at radius 3 is 2.32 bits per heavy atom. The molecule has 1 aliphatic heterocycles. The topological polar surface area (TPSA) is 78.5 Å². The number of thioether (sulfide) groups is 1. The second-order valence-corrected chi connectivity index (χ2v) is 12.6. The van der Waals surface area contributed by atoms with Gasteiger partial charge in [-0.3, -0.25) is 9.69 Å². The maximum atomic E-state index is 15.0. The molecule has 0 aromatic heterocycles. The average Bonchev–Trinajstić information content (AvgIpc) is 2.86. The Labute approximate surface area is 224 Å². The van der Waals surface area contributed by atoms with E-state index in [-0.39, 0.29) is 12.8 Å². The number of nitrogens with zero attached hydrogens (tertiary/aromatic N) is 1. The highest BCUT2D eigenvalue weighted by Crippen LogP contribution is 2.33. The molecular formula is C26H31F4N3O3S2. The van der Waals surface area contributed by atoms with Crippen LogP contribution in [0.3, 0.4) is 0 Å². The van der Waals surface area contributed by atoms with Gasteiger partial charge in [-0.25, -0.2) is 30.7 Å². The number of rotatable bonds is 11. The highest BCUT2D eigenvalue weighted by molar-refractivity contribution is 7.99. The third-order valence-corrected chi connectivity index (χ3v) is 9.34. The number of halogens is 4. The lowest BCUT2D eigenvalue weighted by atomic mass is 9.86. The SMILES string of the molecule is O=C(NS(=O)(=O)c1cc(F)c(N[C@H](CCN2CC(F)C2)CSc2ccccc2)c(F)c1)C1(F)CCCCC1. The van der Waals surface area contributed by atoms with Crippen molar-refractivity contribution in [3.05, 3.63) is 54.1 Å². The van der Waals surface area contributed by atoms with E-state index in [2.05, 4.69) is 5.32 Å². The second kappa shape index (κ2) is 12.3. The maximum absolute atomic E-state index is 15.0. The van der Waals surface area contributed by atoms with E-state index in [1.54, 1.807) is 4.72 Å². The van der Waals surface area contributed by atoms with Crippen LogP contribution < -0.4 is 10.0 Å². The van der Waals surface area contributed by atoms with E-state index in [1.165, 1.54) is 11.8 Å². The van der Waals surface area contributed by atoms with Gasteiger partial charge in [0, 0.05) is 36.3 Å². The van der Waals surface area contributed by atoms with Gasteiger partial charge in [-0.15, -0.1) is 11.8 Å². The zero-order valence-electron chi connectivity index (χ0n) is 20.8. The Bertz CT molecular complexity index is 1200. The maximum Gasteiger partial charge on any atom is 0.271 e. The number of hydrogen-bond acceptors (Lipinski definition) is 6. The lowest BCUT2D eigenvalue weighted by molar-refractivity contribution is -0.133. The van der Waals surface area contributed by atoms with Crippen LogP contribution in [-0.4, -0.2) is 62.5 Å². The summed E-state index contributed by atoms with van der Waals surface area (Å²) in [5.74, 6) is -3.19. The number of anilines is 1. The first-order valence-corrected chi connectivity index (χ1v) is 15.1. The van der Waals surface area contributed by atoms with Crippen molar-refractivity contribution < 1.29 is 30.8 Å². The molecule has 12 heteroatoms. The van der Waals surface area contributed by atoms with Crippen LogP contribution in [0, 0.1) is 11.6 Å². The molecule has 1 saturated heterocycles. The minimum atomic E-state index is -4.70. The lowest BCUT2D eigenvalue weighted by Crippen LogP contribution is -2.49. The average molecular weight is 574 g/mol. The Morgan fingerprint density at radius 2 is 1.71 bits per heavy atom. The molecule has 2 aromatic rings. The molecule has 1 heterocycles. The van der Waals surface area contributed by atoms with Crippen LogP contribution in [0.2, 0.25) is 0 Å². The summed E-state index contributed by atoms with van der Waals surface area (Å²) < 4.78 is 85.2. The number of alkyl halides is 2. The van der Waals surface area contributed by atoms with Crippen molar-refractivity contribution in [2.24, 2.45) is 0 Å². The lowest BCUT2D eigenvalue weighted by Gasteiger charge is -2.35. The number of amides is 1. The van der Waals surface area contributed by atoms with Crippen LogP contribution >= 0.6 is 11.8 Å². The van der Waals surface area contributed by atoms with Gasteiger partial charge in [0.25, 0.3) is 15.9 Å². The molecule has 38 heavy (non-hydrogen) atoms. The van der Waals surface area contributed by atoms with Gasteiger partial charge in [0.15, 0.2) is 17.3 Å². The second-order valence-electron chi connectivity index (χ2n) is 9.83. The molecule has 1 aliphatic carbocycles. The summed E-state index contributed by atoms with van der Waals surface area (Å²) in [7, 11) is -4.70. The highest BCUT2D eigenvalue weighted by atomic mass is 32.2. The molecule has 4 rings (SSSR count). The summed E-state index contributed by atoms with van der Waals surface area (Å²) >= 11 is 1.49. The molecular weight excluding hydrogens is 542 g/mol. The number of benzene rings is 2. The Kier molecular flexibility index (Phi) is 9.25. The van der Waals surface area contributed by atoms with Crippen LogP contribution in [0.25, 0.3) is 0 Å². The van der Waals surface area contributed by atoms with Gasteiger partial charge in [0.2, 0.25) is 0 Å². The Hall–Kier alpha value is -2.31. The van der Waals surface area contributed by atoms with Gasteiger partial charge in [0.1, 0.15) is 11.9 Å². The molecule has 2 N–H and O–H groups in total. The predicted octanol–water partition coefficient (Wildman–Crippen LogP) is 5.06. The molecule has 2 aliphatic rings. The van der Waals surface area contributed by atoms with Crippen molar-refractivity contribution in [3.63, 3.8) is 0 Å². The number of sulfonamides is 1. The third-order valence-electron chi connectivity index (χ3n) is 6.86. The molecule has 6 nitrogen and oxygen atoms in total. The van der Waals surface area contributed by atoms with Gasteiger partial charge in [0.05, 0.1) is 4.90 Å². The van der Waals surface area contributed by atoms with E-state index in [1.807, 2.05) is 35.2 Å². The summed E-state index contributed by atoms with van der Waals surface area (Å²) in [4.78, 5) is 14.4. The van der Waals surface area contributed by atoms with Gasteiger partial charge in [-0.1, -0.05) is 24.6 Å². The minimum absolute atomic E-state index is 0.105.